The average molecular weight is 239 g/mol. The fraction of sp³-hybridized carbons (Fsp3) is 0.500. The van der Waals surface area contributed by atoms with Crippen molar-refractivity contribution in [1.82, 2.24) is 0 Å². The van der Waals surface area contributed by atoms with Crippen molar-refractivity contribution in [2.45, 2.75) is 36.1 Å². The van der Waals surface area contributed by atoms with Gasteiger partial charge in [-0.3, -0.25) is 0 Å². The van der Waals surface area contributed by atoms with Crippen molar-refractivity contribution >= 4 is 11.8 Å². The summed E-state index contributed by atoms with van der Waals surface area (Å²) in [5, 5.41) is 8.86. The minimum Gasteiger partial charge on any atom is -0.476 e. The van der Waals surface area contributed by atoms with Crippen LogP contribution in [-0.2, 0) is 0 Å². The summed E-state index contributed by atoms with van der Waals surface area (Å²) in [6.07, 6.45) is 0.579. The molecule has 1 aliphatic heterocycles. The van der Waals surface area contributed by atoms with E-state index >= 15 is 0 Å². The number of aliphatic hydroxyl groups is 1. The number of rotatable bonds is 3. The Morgan fingerprint density at radius 3 is 2.94 bits per heavy atom. The van der Waals surface area contributed by atoms with Crippen LogP contribution in [0.25, 0.3) is 0 Å². The number of ether oxygens (including phenoxy) is 1. The van der Waals surface area contributed by atoms with Crippen LogP contribution in [0.1, 0.15) is 31.9 Å². The highest BCUT2D eigenvalue weighted by molar-refractivity contribution is 8.00. The topological polar surface area (TPSA) is 55.5 Å². The molecule has 0 fully saturated rings. The number of fused-ring (bicyclic) bond motifs is 1. The van der Waals surface area contributed by atoms with Gasteiger partial charge in [-0.05, 0) is 38.0 Å². The van der Waals surface area contributed by atoms with Crippen LogP contribution in [0.5, 0.6) is 5.75 Å². The minimum atomic E-state index is -0.192. The molecular weight excluding hydrogens is 222 g/mol. The van der Waals surface area contributed by atoms with E-state index in [1.165, 1.54) is 0 Å². The van der Waals surface area contributed by atoms with Crippen LogP contribution in [0, 0.1) is 0 Å². The van der Waals surface area contributed by atoms with Gasteiger partial charge in [0.05, 0.1) is 4.90 Å². The second kappa shape index (κ2) is 4.28. The first kappa shape index (κ1) is 11.8. The maximum absolute atomic E-state index is 8.86. The number of hydrogen-bond donors (Lipinski definition) is 2. The Labute approximate surface area is 100.0 Å². The third-order valence-electron chi connectivity index (χ3n) is 2.55. The summed E-state index contributed by atoms with van der Waals surface area (Å²) in [7, 11) is 0. The number of benzene rings is 1. The molecule has 0 bridgehead atoms. The fourth-order valence-corrected chi connectivity index (χ4v) is 2.77. The van der Waals surface area contributed by atoms with E-state index in [9.17, 15) is 0 Å². The van der Waals surface area contributed by atoms with Gasteiger partial charge in [0.2, 0.25) is 0 Å². The average Bonchev–Trinajstić information content (AvgIpc) is 2.50. The van der Waals surface area contributed by atoms with Crippen LogP contribution >= 0.6 is 11.8 Å². The number of thioether (sulfide) groups is 1. The Bertz CT molecular complexity index is 393. The molecule has 1 unspecified atom stereocenters. The molecule has 0 aromatic heterocycles. The van der Waals surface area contributed by atoms with Gasteiger partial charge in [0.25, 0.3) is 0 Å². The molecule has 1 atom stereocenters. The zero-order chi connectivity index (χ0) is 11.8. The Morgan fingerprint density at radius 2 is 2.25 bits per heavy atom. The van der Waals surface area contributed by atoms with Crippen LogP contribution in [0.2, 0.25) is 0 Å². The predicted octanol–water partition coefficient (Wildman–Crippen LogP) is 2.29. The predicted molar refractivity (Wildman–Crippen MR) is 65.6 cm³/mol. The van der Waals surface area contributed by atoms with E-state index in [0.717, 1.165) is 16.2 Å². The summed E-state index contributed by atoms with van der Waals surface area (Å²) in [6.45, 7) is 4.20. The first-order valence-electron chi connectivity index (χ1n) is 5.40. The zero-order valence-corrected chi connectivity index (χ0v) is 10.4. The lowest BCUT2D eigenvalue weighted by molar-refractivity contribution is 0.214. The molecule has 0 amide bonds. The molecule has 1 heterocycles. The van der Waals surface area contributed by atoms with Gasteiger partial charge < -0.3 is 15.6 Å². The maximum Gasteiger partial charge on any atom is 0.153 e. The van der Waals surface area contributed by atoms with Gasteiger partial charge in [-0.25, -0.2) is 0 Å². The molecule has 0 aliphatic carbocycles. The molecule has 0 radical (unpaired) electrons. The van der Waals surface area contributed by atoms with Gasteiger partial charge >= 0.3 is 0 Å². The summed E-state index contributed by atoms with van der Waals surface area (Å²) < 4.78 is 5.81. The lowest BCUT2D eigenvalue weighted by Crippen LogP contribution is -2.18. The second-order valence-electron chi connectivity index (χ2n) is 4.43. The van der Waals surface area contributed by atoms with Crippen LogP contribution in [0.15, 0.2) is 23.1 Å². The third kappa shape index (κ3) is 2.34. The molecule has 0 spiro atoms. The summed E-state index contributed by atoms with van der Waals surface area (Å²) in [4.78, 5) is 0.965. The number of hydrogen-bond acceptors (Lipinski definition) is 4. The minimum absolute atomic E-state index is 0.110. The Kier molecular flexibility index (Phi) is 3.15. The lowest BCUT2D eigenvalue weighted by atomic mass is 10.1. The van der Waals surface area contributed by atoms with E-state index in [4.69, 9.17) is 15.6 Å². The molecule has 4 heteroatoms. The first-order valence-corrected chi connectivity index (χ1v) is 6.22. The van der Waals surface area contributed by atoms with E-state index in [0.29, 0.717) is 6.42 Å². The molecule has 16 heavy (non-hydrogen) atoms. The van der Waals surface area contributed by atoms with E-state index < -0.39 is 0 Å². The van der Waals surface area contributed by atoms with Crippen molar-refractivity contribution in [2.24, 2.45) is 5.73 Å². The van der Waals surface area contributed by atoms with E-state index in [-0.39, 0.29) is 17.6 Å². The van der Waals surface area contributed by atoms with Crippen molar-refractivity contribution in [3.63, 3.8) is 0 Å². The molecule has 1 aliphatic rings. The van der Waals surface area contributed by atoms with Gasteiger partial charge in [0, 0.05) is 12.6 Å². The van der Waals surface area contributed by atoms with Crippen molar-refractivity contribution in [1.29, 1.82) is 0 Å². The second-order valence-corrected chi connectivity index (χ2v) is 6.06. The smallest absolute Gasteiger partial charge is 0.153 e. The summed E-state index contributed by atoms with van der Waals surface area (Å²) in [6, 6.07) is 5.92. The highest BCUT2D eigenvalue weighted by Crippen LogP contribution is 2.47. The fourth-order valence-electron chi connectivity index (χ4n) is 1.78. The molecule has 1 aromatic rings. The largest absolute Gasteiger partial charge is 0.476 e. The summed E-state index contributed by atoms with van der Waals surface area (Å²) in [5.74, 6) is 0.904. The Morgan fingerprint density at radius 1 is 1.50 bits per heavy atom. The van der Waals surface area contributed by atoms with Crippen molar-refractivity contribution in [3.8, 4) is 5.75 Å². The van der Waals surface area contributed by atoms with Gasteiger partial charge in [0.1, 0.15) is 5.75 Å². The monoisotopic (exact) mass is 239 g/mol. The molecule has 88 valence electrons. The van der Waals surface area contributed by atoms with Gasteiger partial charge in [-0.2, -0.15) is 0 Å². The normalized spacial score (nSPS) is 19.0. The van der Waals surface area contributed by atoms with Gasteiger partial charge in [-0.15, -0.1) is 0 Å². The molecular formula is C12H17NO2S. The van der Waals surface area contributed by atoms with E-state index in [1.807, 2.05) is 32.0 Å². The highest BCUT2D eigenvalue weighted by Gasteiger charge is 2.31. The van der Waals surface area contributed by atoms with Gasteiger partial charge in [0.15, 0.2) is 4.93 Å². The zero-order valence-electron chi connectivity index (χ0n) is 9.56. The summed E-state index contributed by atoms with van der Waals surface area (Å²) in [5.41, 5.74) is 6.96. The molecule has 2 rings (SSSR count). The standard InChI is InChI=1S/C12H17NO2S/c1-12(2)15-10-7-8(9(13)5-6-14)3-4-11(10)16-12/h3-4,7,9,14H,5-6,13H2,1-2H3. The third-order valence-corrected chi connectivity index (χ3v) is 3.68. The summed E-state index contributed by atoms with van der Waals surface area (Å²) >= 11 is 1.71. The molecule has 0 saturated carbocycles. The lowest BCUT2D eigenvalue weighted by Gasteiger charge is -2.16. The van der Waals surface area contributed by atoms with E-state index in [1.54, 1.807) is 11.8 Å². The number of aliphatic hydroxyl groups excluding tert-OH is 1. The molecule has 3 nitrogen and oxygen atoms in total. The maximum atomic E-state index is 8.86. The van der Waals surface area contributed by atoms with Crippen LogP contribution < -0.4 is 10.5 Å². The SMILES string of the molecule is CC1(C)Oc2cc(C(N)CCO)ccc2S1. The van der Waals surface area contributed by atoms with Crippen LogP contribution in [0.4, 0.5) is 0 Å². The van der Waals surface area contributed by atoms with Crippen LogP contribution in [-0.4, -0.2) is 16.6 Å². The van der Waals surface area contributed by atoms with Gasteiger partial charge in [-0.1, -0.05) is 17.8 Å². The highest BCUT2D eigenvalue weighted by atomic mass is 32.2. The van der Waals surface area contributed by atoms with Crippen molar-refractivity contribution < 1.29 is 9.84 Å². The molecule has 3 N–H and O–H groups in total. The number of nitrogens with two attached hydrogens (primary N) is 1. The first-order chi connectivity index (χ1) is 7.52. The quantitative estimate of drug-likeness (QED) is 0.849. The van der Waals surface area contributed by atoms with E-state index in [2.05, 4.69) is 0 Å². The molecule has 1 aromatic carbocycles. The molecule has 0 saturated heterocycles. The Balaban J connectivity index is 2.22. The van der Waals surface area contributed by atoms with Crippen LogP contribution in [0.3, 0.4) is 0 Å². The van der Waals surface area contributed by atoms with Crippen molar-refractivity contribution in [2.75, 3.05) is 6.61 Å². The van der Waals surface area contributed by atoms with Crippen molar-refractivity contribution in [3.05, 3.63) is 23.8 Å². The Hall–Kier alpha value is -0.710.